The third-order valence-electron chi connectivity index (χ3n) is 1.68. The Morgan fingerprint density at radius 2 is 1.73 bits per heavy atom. The highest BCUT2D eigenvalue weighted by Gasteiger charge is 1.98. The largest absolute Gasteiger partial charge is 0.463 e. The molecule has 1 aromatic carbocycles. The van der Waals surface area contributed by atoms with Gasteiger partial charge in [0.15, 0.2) is 0 Å². The smallest absolute Gasteiger partial charge is 0.294 e. The van der Waals surface area contributed by atoms with Crippen molar-refractivity contribution in [1.29, 1.82) is 0 Å². The molecule has 15 heavy (non-hydrogen) atoms. The number of hydrogen-bond acceptors (Lipinski definition) is 5. The zero-order valence-corrected chi connectivity index (χ0v) is 7.79. The molecule has 0 saturated heterocycles. The minimum atomic E-state index is -0.844. The summed E-state index contributed by atoms with van der Waals surface area (Å²) in [6.07, 6.45) is 0. The lowest BCUT2D eigenvalue weighted by Gasteiger charge is -2.02. The van der Waals surface area contributed by atoms with Crippen LogP contribution in [0.1, 0.15) is 11.1 Å². The van der Waals surface area contributed by atoms with E-state index in [1.807, 2.05) is 0 Å². The van der Waals surface area contributed by atoms with Crippen LogP contribution in [0.15, 0.2) is 24.3 Å². The summed E-state index contributed by atoms with van der Waals surface area (Å²) < 4.78 is 4.54. The number of carbonyl (C=O) groups excluding carboxylic acids is 1. The Labute approximate surface area is 85.5 Å². The maximum atomic E-state index is 9.91. The molecular formula is C9H9NO5. The van der Waals surface area contributed by atoms with Crippen molar-refractivity contribution >= 4 is 6.47 Å². The molecule has 0 unspecified atom stereocenters. The molecule has 0 aromatic heterocycles. The highest BCUT2D eigenvalue weighted by molar-refractivity contribution is 5.37. The van der Waals surface area contributed by atoms with E-state index in [-0.39, 0.29) is 13.2 Å². The maximum Gasteiger partial charge on any atom is 0.294 e. The normalized spacial score (nSPS) is 9.33. The maximum absolute atomic E-state index is 9.91. The van der Waals surface area contributed by atoms with Gasteiger partial charge in [-0.25, -0.2) is 0 Å². The Hall–Kier alpha value is -2.11. The first kappa shape index (κ1) is 11.0. The number of nitrogens with zero attached hydrogens (tertiary/aromatic N) is 1. The van der Waals surface area contributed by atoms with Crippen molar-refractivity contribution in [2.24, 2.45) is 0 Å². The van der Waals surface area contributed by atoms with Crippen molar-refractivity contribution < 1.29 is 19.5 Å². The first-order valence-corrected chi connectivity index (χ1v) is 4.12. The molecule has 6 heteroatoms. The SMILES string of the molecule is O=COCc1ccc(CO[N+](=O)[O-])cc1. The summed E-state index contributed by atoms with van der Waals surface area (Å²) in [5.74, 6) is 0. The Morgan fingerprint density at radius 3 is 2.20 bits per heavy atom. The molecule has 0 fully saturated rings. The van der Waals surface area contributed by atoms with E-state index in [9.17, 15) is 14.9 Å². The zero-order valence-electron chi connectivity index (χ0n) is 7.79. The van der Waals surface area contributed by atoms with Crippen molar-refractivity contribution in [3.8, 4) is 0 Å². The second-order valence-corrected chi connectivity index (χ2v) is 2.72. The molecular weight excluding hydrogens is 202 g/mol. The second kappa shape index (κ2) is 5.58. The quantitative estimate of drug-likeness (QED) is 0.399. The van der Waals surface area contributed by atoms with Gasteiger partial charge in [-0.2, -0.15) is 0 Å². The number of ether oxygens (including phenoxy) is 1. The summed E-state index contributed by atoms with van der Waals surface area (Å²) in [6, 6.07) is 6.77. The predicted octanol–water partition coefficient (Wildman–Crippen LogP) is 1.07. The first-order valence-electron chi connectivity index (χ1n) is 4.12. The van der Waals surface area contributed by atoms with Crippen LogP contribution < -0.4 is 0 Å². The Morgan fingerprint density at radius 1 is 1.20 bits per heavy atom. The van der Waals surface area contributed by atoms with Crippen molar-refractivity contribution in [1.82, 2.24) is 0 Å². The van der Waals surface area contributed by atoms with Crippen molar-refractivity contribution in [3.05, 3.63) is 45.5 Å². The molecule has 0 bridgehead atoms. The van der Waals surface area contributed by atoms with Crippen molar-refractivity contribution in [3.63, 3.8) is 0 Å². The zero-order chi connectivity index (χ0) is 11.1. The van der Waals surface area contributed by atoms with Gasteiger partial charge >= 0.3 is 0 Å². The Kier molecular flexibility index (Phi) is 4.08. The molecule has 1 rings (SSSR count). The van der Waals surface area contributed by atoms with Gasteiger partial charge < -0.3 is 9.57 Å². The van der Waals surface area contributed by atoms with Crippen LogP contribution in [0.4, 0.5) is 0 Å². The summed E-state index contributed by atoms with van der Waals surface area (Å²) in [7, 11) is 0. The third-order valence-corrected chi connectivity index (χ3v) is 1.68. The summed E-state index contributed by atoms with van der Waals surface area (Å²) in [4.78, 5) is 24.0. The van der Waals surface area contributed by atoms with Gasteiger partial charge in [-0.15, -0.1) is 10.1 Å². The molecule has 0 aliphatic carbocycles. The average Bonchev–Trinajstić information content (AvgIpc) is 2.25. The average molecular weight is 211 g/mol. The van der Waals surface area contributed by atoms with Crippen LogP contribution in [0, 0.1) is 10.1 Å². The fourth-order valence-corrected chi connectivity index (χ4v) is 0.989. The topological polar surface area (TPSA) is 78.7 Å². The van der Waals surface area contributed by atoms with Gasteiger partial charge in [0.25, 0.3) is 11.6 Å². The van der Waals surface area contributed by atoms with Crippen LogP contribution >= 0.6 is 0 Å². The monoisotopic (exact) mass is 211 g/mol. The molecule has 0 aliphatic heterocycles. The number of benzene rings is 1. The summed E-state index contributed by atoms with van der Waals surface area (Å²) in [6.45, 7) is 0.478. The van der Waals surface area contributed by atoms with Gasteiger partial charge in [0.2, 0.25) is 0 Å². The van der Waals surface area contributed by atoms with E-state index in [0.717, 1.165) is 5.56 Å². The van der Waals surface area contributed by atoms with Gasteiger partial charge in [0.05, 0.1) is 0 Å². The van der Waals surface area contributed by atoms with Gasteiger partial charge in [0.1, 0.15) is 13.2 Å². The van der Waals surface area contributed by atoms with Crippen LogP contribution in [0.2, 0.25) is 0 Å². The molecule has 0 atom stereocenters. The van der Waals surface area contributed by atoms with Gasteiger partial charge in [-0.05, 0) is 11.1 Å². The molecule has 80 valence electrons. The van der Waals surface area contributed by atoms with Crippen LogP contribution in [0.3, 0.4) is 0 Å². The molecule has 0 N–H and O–H groups in total. The fourth-order valence-electron chi connectivity index (χ4n) is 0.989. The molecule has 0 saturated carbocycles. The summed E-state index contributed by atoms with van der Waals surface area (Å²) >= 11 is 0. The molecule has 0 heterocycles. The Bertz CT molecular complexity index is 335. The van der Waals surface area contributed by atoms with Crippen molar-refractivity contribution in [2.75, 3.05) is 0 Å². The molecule has 0 radical (unpaired) electrons. The third kappa shape index (κ3) is 4.08. The molecule has 0 aliphatic rings. The van der Waals surface area contributed by atoms with Crippen LogP contribution in [0.5, 0.6) is 0 Å². The van der Waals surface area contributed by atoms with E-state index in [2.05, 4.69) is 9.57 Å². The summed E-state index contributed by atoms with van der Waals surface area (Å²) in [5.41, 5.74) is 1.49. The minimum absolute atomic E-state index is 0.0815. The number of hydrogen-bond donors (Lipinski definition) is 0. The van der Waals surface area contributed by atoms with Gasteiger partial charge in [-0.3, -0.25) is 4.79 Å². The summed E-state index contributed by atoms with van der Waals surface area (Å²) in [5, 5.41) is 9.06. The van der Waals surface area contributed by atoms with E-state index in [1.54, 1.807) is 24.3 Å². The van der Waals surface area contributed by atoms with Crippen LogP contribution in [-0.2, 0) is 27.6 Å². The molecule has 0 amide bonds. The van der Waals surface area contributed by atoms with E-state index in [4.69, 9.17) is 0 Å². The Balaban J connectivity index is 2.48. The molecule has 0 spiro atoms. The highest BCUT2D eigenvalue weighted by Crippen LogP contribution is 2.06. The highest BCUT2D eigenvalue weighted by atomic mass is 16.9. The second-order valence-electron chi connectivity index (χ2n) is 2.72. The predicted molar refractivity (Wildman–Crippen MR) is 49.1 cm³/mol. The van der Waals surface area contributed by atoms with Gasteiger partial charge in [0, 0.05) is 0 Å². The molecule has 6 nitrogen and oxygen atoms in total. The lowest BCUT2D eigenvalue weighted by molar-refractivity contribution is -0.763. The van der Waals surface area contributed by atoms with Crippen molar-refractivity contribution in [2.45, 2.75) is 13.2 Å². The number of carbonyl (C=O) groups is 1. The van der Waals surface area contributed by atoms with E-state index in [0.29, 0.717) is 12.0 Å². The van der Waals surface area contributed by atoms with Crippen LogP contribution in [0.25, 0.3) is 0 Å². The minimum Gasteiger partial charge on any atom is -0.463 e. The number of rotatable bonds is 6. The van der Waals surface area contributed by atoms with E-state index in [1.165, 1.54) is 0 Å². The van der Waals surface area contributed by atoms with E-state index < -0.39 is 5.09 Å². The lowest BCUT2D eigenvalue weighted by atomic mass is 10.1. The fraction of sp³-hybridized carbons (Fsp3) is 0.222. The lowest BCUT2D eigenvalue weighted by Crippen LogP contribution is -2.00. The van der Waals surface area contributed by atoms with Gasteiger partial charge in [-0.1, -0.05) is 24.3 Å². The molecule has 1 aromatic rings. The van der Waals surface area contributed by atoms with E-state index >= 15 is 0 Å². The van der Waals surface area contributed by atoms with Crippen LogP contribution in [-0.4, -0.2) is 11.6 Å². The first-order chi connectivity index (χ1) is 7.22. The standard InChI is InChI=1S/C9H9NO5/c11-7-14-5-8-1-3-9(4-2-8)6-15-10(12)13/h1-4,7H,5-6H2.